The van der Waals surface area contributed by atoms with Crippen LogP contribution >= 0.6 is 35.4 Å². The zero-order chi connectivity index (χ0) is 20.6. The van der Waals surface area contributed by atoms with Crippen LogP contribution in [0.5, 0.6) is 5.75 Å². The Bertz CT molecular complexity index is 831. The summed E-state index contributed by atoms with van der Waals surface area (Å²) in [5.74, 6) is 0.844. The van der Waals surface area contributed by atoms with Crippen LogP contribution in [0.1, 0.15) is 5.56 Å². The van der Waals surface area contributed by atoms with Crippen molar-refractivity contribution in [1.29, 1.82) is 0 Å². The number of thiocarbonyl (C=S) groups is 1. The van der Waals surface area contributed by atoms with Gasteiger partial charge in [0.2, 0.25) is 0 Å². The van der Waals surface area contributed by atoms with Gasteiger partial charge in [0.05, 0.1) is 31.0 Å². The SMILES string of the molecule is COc1ccccc1CN(CCN1CCOCC1)C(=S)Nc1ccc(Cl)cc1Cl. The average Bonchev–Trinajstić information content (AvgIpc) is 2.74. The van der Waals surface area contributed by atoms with Crippen LogP contribution < -0.4 is 10.1 Å². The minimum absolute atomic E-state index is 0.533. The summed E-state index contributed by atoms with van der Waals surface area (Å²) in [6.07, 6.45) is 0. The largest absolute Gasteiger partial charge is 0.496 e. The first-order valence-corrected chi connectivity index (χ1v) is 10.7. The van der Waals surface area contributed by atoms with Crippen molar-refractivity contribution in [1.82, 2.24) is 9.80 Å². The van der Waals surface area contributed by atoms with E-state index in [0.717, 1.165) is 56.4 Å². The fraction of sp³-hybridized carbons (Fsp3) is 0.381. The minimum atomic E-state index is 0.533. The number of nitrogens with zero attached hydrogens (tertiary/aromatic N) is 2. The standard InChI is InChI=1S/C21H25Cl2N3O2S/c1-27-20-5-3-2-4-16(20)15-26(9-8-25-10-12-28-13-11-25)21(29)24-19-7-6-17(22)14-18(19)23/h2-7,14H,8-13,15H2,1H3,(H,24,29). The maximum Gasteiger partial charge on any atom is 0.173 e. The van der Waals surface area contributed by atoms with Crippen LogP contribution in [0, 0.1) is 0 Å². The van der Waals surface area contributed by atoms with Crippen molar-refractivity contribution in [2.24, 2.45) is 0 Å². The maximum absolute atomic E-state index is 6.32. The van der Waals surface area contributed by atoms with Gasteiger partial charge in [-0.05, 0) is 36.5 Å². The van der Waals surface area contributed by atoms with Crippen LogP contribution in [0.25, 0.3) is 0 Å². The first kappa shape index (κ1) is 22.1. The van der Waals surface area contributed by atoms with Gasteiger partial charge >= 0.3 is 0 Å². The molecule has 156 valence electrons. The third kappa shape index (κ3) is 6.46. The highest BCUT2D eigenvalue weighted by Gasteiger charge is 2.17. The third-order valence-corrected chi connectivity index (χ3v) is 5.71. The highest BCUT2D eigenvalue weighted by atomic mass is 35.5. The number of hydrogen-bond acceptors (Lipinski definition) is 4. The van der Waals surface area contributed by atoms with Crippen molar-refractivity contribution in [2.75, 3.05) is 51.8 Å². The summed E-state index contributed by atoms with van der Waals surface area (Å²) in [7, 11) is 1.68. The first-order valence-electron chi connectivity index (χ1n) is 9.50. The van der Waals surface area contributed by atoms with Crippen LogP contribution in [0.15, 0.2) is 42.5 Å². The molecule has 3 rings (SSSR count). The molecule has 1 saturated heterocycles. The average molecular weight is 454 g/mol. The zero-order valence-electron chi connectivity index (χ0n) is 16.4. The number of para-hydroxylation sites is 1. The monoisotopic (exact) mass is 453 g/mol. The predicted molar refractivity (Wildman–Crippen MR) is 123 cm³/mol. The quantitative estimate of drug-likeness (QED) is 0.620. The second-order valence-electron chi connectivity index (χ2n) is 6.74. The van der Waals surface area contributed by atoms with E-state index in [4.69, 9.17) is 44.9 Å². The molecule has 0 amide bonds. The molecule has 1 N–H and O–H groups in total. The third-order valence-electron chi connectivity index (χ3n) is 4.80. The van der Waals surface area contributed by atoms with E-state index in [1.807, 2.05) is 24.3 Å². The Hall–Kier alpha value is -1.57. The Kier molecular flexibility index (Phi) is 8.39. The molecular formula is C21H25Cl2N3O2S. The molecule has 0 bridgehead atoms. The van der Waals surface area contributed by atoms with E-state index < -0.39 is 0 Å². The molecule has 1 heterocycles. The smallest absolute Gasteiger partial charge is 0.173 e. The molecule has 5 nitrogen and oxygen atoms in total. The van der Waals surface area contributed by atoms with E-state index in [2.05, 4.69) is 21.2 Å². The van der Waals surface area contributed by atoms with Crippen LogP contribution in [0.2, 0.25) is 10.0 Å². The summed E-state index contributed by atoms with van der Waals surface area (Å²) in [5, 5.41) is 4.99. The molecular weight excluding hydrogens is 429 g/mol. The highest BCUT2D eigenvalue weighted by Crippen LogP contribution is 2.26. The van der Waals surface area contributed by atoms with Crippen molar-refractivity contribution < 1.29 is 9.47 Å². The molecule has 2 aromatic carbocycles. The number of rotatable bonds is 7. The first-order chi connectivity index (χ1) is 14.1. The van der Waals surface area contributed by atoms with Gasteiger partial charge in [-0.2, -0.15) is 0 Å². The van der Waals surface area contributed by atoms with Gasteiger partial charge in [-0.25, -0.2) is 0 Å². The Morgan fingerprint density at radius 2 is 1.97 bits per heavy atom. The molecule has 0 unspecified atom stereocenters. The Morgan fingerprint density at radius 1 is 1.21 bits per heavy atom. The van der Waals surface area contributed by atoms with Gasteiger partial charge < -0.3 is 19.7 Å². The number of morpholine rings is 1. The van der Waals surface area contributed by atoms with Crippen molar-refractivity contribution in [3.8, 4) is 5.75 Å². The van der Waals surface area contributed by atoms with E-state index in [-0.39, 0.29) is 0 Å². The summed E-state index contributed by atoms with van der Waals surface area (Å²) in [5.41, 5.74) is 1.81. The summed E-state index contributed by atoms with van der Waals surface area (Å²) in [4.78, 5) is 4.52. The van der Waals surface area contributed by atoms with Crippen molar-refractivity contribution in [3.05, 3.63) is 58.1 Å². The van der Waals surface area contributed by atoms with Crippen LogP contribution in [0.4, 0.5) is 5.69 Å². The van der Waals surface area contributed by atoms with E-state index in [1.54, 1.807) is 19.2 Å². The topological polar surface area (TPSA) is 37.0 Å². The van der Waals surface area contributed by atoms with Gasteiger partial charge in [-0.3, -0.25) is 4.90 Å². The lowest BCUT2D eigenvalue weighted by Crippen LogP contribution is -2.44. The Balaban J connectivity index is 1.73. The highest BCUT2D eigenvalue weighted by molar-refractivity contribution is 7.80. The molecule has 0 atom stereocenters. The fourth-order valence-corrected chi connectivity index (χ4v) is 3.89. The fourth-order valence-electron chi connectivity index (χ4n) is 3.16. The Morgan fingerprint density at radius 3 is 2.69 bits per heavy atom. The predicted octanol–water partition coefficient (Wildman–Crippen LogP) is 4.53. The molecule has 2 aromatic rings. The van der Waals surface area contributed by atoms with Crippen molar-refractivity contribution in [3.63, 3.8) is 0 Å². The second kappa shape index (κ2) is 11.0. The molecule has 8 heteroatoms. The summed E-state index contributed by atoms with van der Waals surface area (Å²) < 4.78 is 11.0. The molecule has 1 fully saturated rings. The van der Waals surface area contributed by atoms with Crippen LogP contribution in [-0.4, -0.2) is 61.4 Å². The van der Waals surface area contributed by atoms with Crippen molar-refractivity contribution >= 4 is 46.2 Å². The molecule has 1 aliphatic rings. The molecule has 1 aliphatic heterocycles. The molecule has 0 aromatic heterocycles. The molecule has 29 heavy (non-hydrogen) atoms. The van der Waals surface area contributed by atoms with Crippen LogP contribution in [-0.2, 0) is 11.3 Å². The number of methoxy groups -OCH3 is 1. The molecule has 0 aliphatic carbocycles. The summed E-state index contributed by atoms with van der Waals surface area (Å²) in [6, 6.07) is 13.3. The van der Waals surface area contributed by atoms with Gasteiger partial charge in [-0.1, -0.05) is 41.4 Å². The normalized spacial score (nSPS) is 14.4. The number of benzene rings is 2. The lowest BCUT2D eigenvalue weighted by atomic mass is 10.2. The van der Waals surface area contributed by atoms with Gasteiger partial charge in [0, 0.05) is 43.3 Å². The lowest BCUT2D eigenvalue weighted by molar-refractivity contribution is 0.0358. The lowest BCUT2D eigenvalue weighted by Gasteiger charge is -2.32. The van der Waals surface area contributed by atoms with E-state index in [9.17, 15) is 0 Å². The van der Waals surface area contributed by atoms with Gasteiger partial charge in [0.15, 0.2) is 5.11 Å². The van der Waals surface area contributed by atoms with E-state index in [0.29, 0.717) is 21.7 Å². The van der Waals surface area contributed by atoms with E-state index in [1.165, 1.54) is 0 Å². The Labute approximate surface area is 187 Å². The number of halogens is 2. The van der Waals surface area contributed by atoms with Gasteiger partial charge in [0.25, 0.3) is 0 Å². The number of ether oxygens (including phenoxy) is 2. The van der Waals surface area contributed by atoms with Crippen molar-refractivity contribution in [2.45, 2.75) is 6.54 Å². The van der Waals surface area contributed by atoms with E-state index >= 15 is 0 Å². The number of anilines is 1. The zero-order valence-corrected chi connectivity index (χ0v) is 18.7. The molecule has 0 radical (unpaired) electrons. The number of hydrogen-bond donors (Lipinski definition) is 1. The molecule has 0 saturated carbocycles. The summed E-state index contributed by atoms with van der Waals surface area (Å²) in [6.45, 7) is 5.72. The minimum Gasteiger partial charge on any atom is -0.496 e. The van der Waals surface area contributed by atoms with Gasteiger partial charge in [0.1, 0.15) is 5.75 Å². The maximum atomic E-state index is 6.32. The second-order valence-corrected chi connectivity index (χ2v) is 7.97. The number of nitrogens with one attached hydrogen (secondary N) is 1. The summed E-state index contributed by atoms with van der Waals surface area (Å²) >= 11 is 18.1. The van der Waals surface area contributed by atoms with Crippen LogP contribution in [0.3, 0.4) is 0 Å². The molecule has 0 spiro atoms. The van der Waals surface area contributed by atoms with Gasteiger partial charge in [-0.15, -0.1) is 0 Å².